The van der Waals surface area contributed by atoms with Crippen molar-refractivity contribution in [2.45, 2.75) is 6.42 Å². The summed E-state index contributed by atoms with van der Waals surface area (Å²) in [6.07, 6.45) is -0.0967. The highest BCUT2D eigenvalue weighted by Crippen LogP contribution is 2.28. The summed E-state index contributed by atoms with van der Waals surface area (Å²) < 4.78 is 5.76. The highest BCUT2D eigenvalue weighted by molar-refractivity contribution is 9.10. The second-order valence-electron chi connectivity index (χ2n) is 5.11. The van der Waals surface area contributed by atoms with Gasteiger partial charge in [0.15, 0.2) is 0 Å². The van der Waals surface area contributed by atoms with Gasteiger partial charge in [0.25, 0.3) is 11.8 Å². The minimum Gasteiger partial charge on any atom is -0.425 e. The van der Waals surface area contributed by atoms with Crippen LogP contribution in [0.1, 0.15) is 27.1 Å². The SMILES string of the molecule is O=C(CCN1C(=O)c2ccccc2C1=O)Oc1ccc(Cl)cc1Br. The summed E-state index contributed by atoms with van der Waals surface area (Å²) >= 11 is 9.08. The van der Waals surface area contributed by atoms with E-state index in [1.165, 1.54) is 0 Å². The second kappa shape index (κ2) is 6.75. The first-order valence-electron chi connectivity index (χ1n) is 7.08. The molecule has 1 heterocycles. The molecule has 0 radical (unpaired) electrons. The standard InChI is InChI=1S/C17H11BrClNO4/c18-13-9-10(19)5-6-14(13)24-15(21)7-8-20-16(22)11-3-1-2-4-12(11)17(20)23/h1-6,9H,7-8H2. The zero-order valence-corrected chi connectivity index (χ0v) is 14.6. The molecule has 24 heavy (non-hydrogen) atoms. The first kappa shape index (κ1) is 16.7. The summed E-state index contributed by atoms with van der Waals surface area (Å²) in [5.41, 5.74) is 0.715. The fourth-order valence-corrected chi connectivity index (χ4v) is 3.14. The maximum absolute atomic E-state index is 12.2. The van der Waals surface area contributed by atoms with E-state index in [9.17, 15) is 14.4 Å². The molecule has 0 aliphatic carbocycles. The van der Waals surface area contributed by atoms with Crippen LogP contribution in [0.25, 0.3) is 0 Å². The maximum Gasteiger partial charge on any atom is 0.313 e. The van der Waals surface area contributed by atoms with Gasteiger partial charge in [-0.15, -0.1) is 0 Å². The van der Waals surface area contributed by atoms with Crippen LogP contribution >= 0.6 is 27.5 Å². The molecular formula is C17H11BrClNO4. The van der Waals surface area contributed by atoms with Gasteiger partial charge in [0.1, 0.15) is 5.75 Å². The van der Waals surface area contributed by atoms with E-state index in [2.05, 4.69) is 15.9 Å². The van der Waals surface area contributed by atoms with Crippen molar-refractivity contribution in [3.8, 4) is 5.75 Å². The Kier molecular flexibility index (Phi) is 4.69. The van der Waals surface area contributed by atoms with Gasteiger partial charge in [-0.1, -0.05) is 23.7 Å². The van der Waals surface area contributed by atoms with Crippen LogP contribution in [-0.2, 0) is 4.79 Å². The second-order valence-corrected chi connectivity index (χ2v) is 6.40. The average molecular weight is 409 g/mol. The van der Waals surface area contributed by atoms with Crippen LogP contribution in [0.2, 0.25) is 5.02 Å². The summed E-state index contributed by atoms with van der Waals surface area (Å²) in [5, 5.41) is 0.507. The third-order valence-electron chi connectivity index (χ3n) is 3.54. The van der Waals surface area contributed by atoms with E-state index >= 15 is 0 Å². The Bertz CT molecular complexity index is 817. The monoisotopic (exact) mass is 407 g/mol. The van der Waals surface area contributed by atoms with Crippen LogP contribution in [-0.4, -0.2) is 29.2 Å². The molecule has 0 bridgehead atoms. The Morgan fingerprint density at radius 1 is 1.08 bits per heavy atom. The fraction of sp³-hybridized carbons (Fsp3) is 0.118. The number of hydrogen-bond acceptors (Lipinski definition) is 4. The number of esters is 1. The highest BCUT2D eigenvalue weighted by Gasteiger charge is 2.35. The maximum atomic E-state index is 12.2. The predicted octanol–water partition coefficient (Wildman–Crippen LogP) is 3.69. The lowest BCUT2D eigenvalue weighted by molar-refractivity contribution is -0.134. The molecule has 0 saturated carbocycles. The summed E-state index contributed by atoms with van der Waals surface area (Å²) in [4.78, 5) is 37.4. The third-order valence-corrected chi connectivity index (χ3v) is 4.39. The van der Waals surface area contributed by atoms with E-state index in [0.717, 1.165) is 4.90 Å². The number of carbonyl (C=O) groups excluding carboxylic acids is 3. The van der Waals surface area contributed by atoms with Gasteiger partial charge in [-0.05, 0) is 46.3 Å². The van der Waals surface area contributed by atoms with Crippen LogP contribution in [0.5, 0.6) is 5.75 Å². The Hall–Kier alpha value is -2.18. The quantitative estimate of drug-likeness (QED) is 0.440. The molecule has 0 saturated heterocycles. The average Bonchev–Trinajstić information content (AvgIpc) is 2.80. The third kappa shape index (κ3) is 3.20. The van der Waals surface area contributed by atoms with Gasteiger partial charge in [0.2, 0.25) is 0 Å². The van der Waals surface area contributed by atoms with E-state index in [1.54, 1.807) is 42.5 Å². The molecule has 5 nitrogen and oxygen atoms in total. The molecule has 0 N–H and O–H groups in total. The van der Waals surface area contributed by atoms with Gasteiger partial charge in [-0.3, -0.25) is 19.3 Å². The van der Waals surface area contributed by atoms with Crippen LogP contribution in [0, 0.1) is 0 Å². The van der Waals surface area contributed by atoms with Gasteiger partial charge in [0, 0.05) is 11.6 Å². The molecule has 1 aliphatic rings. The number of benzene rings is 2. The van der Waals surface area contributed by atoms with Gasteiger partial charge in [0.05, 0.1) is 22.0 Å². The normalized spacial score (nSPS) is 13.2. The largest absolute Gasteiger partial charge is 0.425 e. The van der Waals surface area contributed by atoms with Crippen molar-refractivity contribution in [3.05, 3.63) is 63.1 Å². The molecule has 122 valence electrons. The van der Waals surface area contributed by atoms with Crippen molar-refractivity contribution in [1.29, 1.82) is 0 Å². The highest BCUT2D eigenvalue weighted by atomic mass is 79.9. The van der Waals surface area contributed by atoms with Crippen LogP contribution < -0.4 is 4.74 Å². The summed E-state index contributed by atoms with van der Waals surface area (Å²) in [7, 11) is 0. The van der Waals surface area contributed by atoms with Gasteiger partial charge >= 0.3 is 5.97 Å². The molecule has 3 rings (SSSR count). The van der Waals surface area contributed by atoms with Crippen molar-refractivity contribution in [2.24, 2.45) is 0 Å². The van der Waals surface area contributed by atoms with Crippen molar-refractivity contribution in [3.63, 3.8) is 0 Å². The lowest BCUT2D eigenvalue weighted by Gasteiger charge is -2.13. The lowest BCUT2D eigenvalue weighted by Crippen LogP contribution is -2.32. The number of fused-ring (bicyclic) bond motifs is 1. The number of hydrogen-bond donors (Lipinski definition) is 0. The molecular weight excluding hydrogens is 398 g/mol. The molecule has 2 aromatic rings. The van der Waals surface area contributed by atoms with Gasteiger partial charge in [-0.2, -0.15) is 0 Å². The molecule has 0 aromatic heterocycles. The topological polar surface area (TPSA) is 63.7 Å². The Morgan fingerprint density at radius 3 is 2.29 bits per heavy atom. The van der Waals surface area contributed by atoms with E-state index in [0.29, 0.717) is 26.4 Å². The first-order valence-corrected chi connectivity index (χ1v) is 8.25. The fourth-order valence-electron chi connectivity index (χ4n) is 2.38. The van der Waals surface area contributed by atoms with Crippen molar-refractivity contribution >= 4 is 45.3 Å². The Balaban J connectivity index is 1.63. The molecule has 0 fully saturated rings. The first-order chi connectivity index (χ1) is 11.5. The number of carbonyl (C=O) groups is 3. The smallest absolute Gasteiger partial charge is 0.313 e. The number of amides is 2. The minimum absolute atomic E-state index is 0.0314. The summed E-state index contributed by atoms with van der Waals surface area (Å²) in [5.74, 6) is -1.01. The van der Waals surface area contributed by atoms with E-state index in [-0.39, 0.29) is 13.0 Å². The number of rotatable bonds is 4. The van der Waals surface area contributed by atoms with E-state index < -0.39 is 17.8 Å². The van der Waals surface area contributed by atoms with Crippen molar-refractivity contribution in [1.82, 2.24) is 4.90 Å². The number of halogens is 2. The van der Waals surface area contributed by atoms with Crippen LogP contribution in [0.3, 0.4) is 0 Å². The van der Waals surface area contributed by atoms with Crippen molar-refractivity contribution in [2.75, 3.05) is 6.54 Å². The Morgan fingerprint density at radius 2 is 1.71 bits per heavy atom. The predicted molar refractivity (Wildman–Crippen MR) is 91.2 cm³/mol. The van der Waals surface area contributed by atoms with Crippen LogP contribution in [0.4, 0.5) is 0 Å². The number of nitrogens with zero attached hydrogens (tertiary/aromatic N) is 1. The van der Waals surface area contributed by atoms with Gasteiger partial charge in [-0.25, -0.2) is 0 Å². The molecule has 0 spiro atoms. The summed E-state index contributed by atoms with van der Waals surface area (Å²) in [6.45, 7) is -0.0314. The number of ether oxygens (including phenoxy) is 1. The van der Waals surface area contributed by atoms with E-state index in [4.69, 9.17) is 16.3 Å². The number of imide groups is 1. The Labute approximate surface area is 151 Å². The molecule has 1 aliphatic heterocycles. The summed E-state index contributed by atoms with van der Waals surface area (Å²) in [6, 6.07) is 11.3. The zero-order valence-electron chi connectivity index (χ0n) is 12.3. The van der Waals surface area contributed by atoms with Crippen LogP contribution in [0.15, 0.2) is 46.9 Å². The molecule has 0 atom stereocenters. The van der Waals surface area contributed by atoms with E-state index in [1.807, 2.05) is 0 Å². The molecule has 7 heteroatoms. The molecule has 2 aromatic carbocycles. The van der Waals surface area contributed by atoms with Crippen molar-refractivity contribution < 1.29 is 19.1 Å². The molecule has 2 amide bonds. The zero-order chi connectivity index (χ0) is 17.3. The lowest BCUT2D eigenvalue weighted by atomic mass is 10.1. The van der Waals surface area contributed by atoms with Gasteiger partial charge < -0.3 is 4.74 Å². The minimum atomic E-state index is -0.547. The molecule has 0 unspecified atom stereocenters.